The van der Waals surface area contributed by atoms with Gasteiger partial charge < -0.3 is 19.1 Å². The van der Waals surface area contributed by atoms with Crippen LogP contribution < -0.4 is 19.1 Å². The summed E-state index contributed by atoms with van der Waals surface area (Å²) in [5.41, 5.74) is 1.72. The van der Waals surface area contributed by atoms with Gasteiger partial charge in [0.2, 0.25) is 6.79 Å². The minimum Gasteiger partial charge on any atom is -0.497 e. The summed E-state index contributed by atoms with van der Waals surface area (Å²) in [6.07, 6.45) is 3.34. The first-order chi connectivity index (χ1) is 11.7. The number of rotatable bonds is 5. The third-order valence-corrected chi connectivity index (χ3v) is 3.78. The molecule has 0 bridgehead atoms. The topological polar surface area (TPSA) is 48.0 Å². The van der Waals surface area contributed by atoms with E-state index in [1.54, 1.807) is 24.2 Å². The van der Waals surface area contributed by atoms with Crippen LogP contribution in [0.5, 0.6) is 17.2 Å². The Kier molecular flexibility index (Phi) is 4.70. The summed E-state index contributed by atoms with van der Waals surface area (Å²) in [7, 11) is 1.62. The monoisotopic (exact) mass is 325 g/mol. The molecule has 0 aromatic heterocycles. The van der Waals surface area contributed by atoms with E-state index in [1.165, 1.54) is 0 Å². The van der Waals surface area contributed by atoms with Gasteiger partial charge in [0.05, 0.1) is 7.11 Å². The van der Waals surface area contributed by atoms with Crippen LogP contribution in [0.4, 0.5) is 5.69 Å². The van der Waals surface area contributed by atoms with Crippen LogP contribution in [0.1, 0.15) is 12.5 Å². The van der Waals surface area contributed by atoms with Gasteiger partial charge in [-0.3, -0.25) is 4.79 Å². The van der Waals surface area contributed by atoms with Crippen LogP contribution in [0.15, 0.2) is 48.5 Å². The van der Waals surface area contributed by atoms with E-state index < -0.39 is 0 Å². The third kappa shape index (κ3) is 3.35. The molecule has 24 heavy (non-hydrogen) atoms. The Hall–Kier alpha value is -2.95. The SMILES string of the molecule is CCN(C(=O)/C=C/c1ccc2c(c1)OCO2)c1ccc(OC)cc1. The number of carbonyl (C=O) groups is 1. The Morgan fingerprint density at radius 2 is 1.92 bits per heavy atom. The highest BCUT2D eigenvalue weighted by molar-refractivity contribution is 6.03. The van der Waals surface area contributed by atoms with Crippen LogP contribution in [0.25, 0.3) is 6.08 Å². The second-order valence-electron chi connectivity index (χ2n) is 5.23. The van der Waals surface area contributed by atoms with E-state index in [4.69, 9.17) is 14.2 Å². The lowest BCUT2D eigenvalue weighted by molar-refractivity contribution is -0.114. The Labute approximate surface area is 141 Å². The van der Waals surface area contributed by atoms with E-state index in [1.807, 2.05) is 49.4 Å². The predicted molar refractivity (Wildman–Crippen MR) is 92.6 cm³/mol. The smallest absolute Gasteiger partial charge is 0.250 e. The number of hydrogen-bond donors (Lipinski definition) is 0. The van der Waals surface area contributed by atoms with Gasteiger partial charge in [-0.1, -0.05) is 6.07 Å². The lowest BCUT2D eigenvalue weighted by atomic mass is 10.2. The molecule has 0 saturated carbocycles. The van der Waals surface area contributed by atoms with Gasteiger partial charge >= 0.3 is 0 Å². The number of hydrogen-bond acceptors (Lipinski definition) is 4. The molecule has 1 heterocycles. The summed E-state index contributed by atoms with van der Waals surface area (Å²) in [4.78, 5) is 14.2. The highest BCUT2D eigenvalue weighted by atomic mass is 16.7. The number of fused-ring (bicyclic) bond motifs is 1. The van der Waals surface area contributed by atoms with Crippen molar-refractivity contribution < 1.29 is 19.0 Å². The van der Waals surface area contributed by atoms with Gasteiger partial charge in [-0.15, -0.1) is 0 Å². The van der Waals surface area contributed by atoms with E-state index in [2.05, 4.69) is 0 Å². The maximum absolute atomic E-state index is 12.5. The van der Waals surface area contributed by atoms with Crippen molar-refractivity contribution in [3.05, 3.63) is 54.1 Å². The molecule has 0 atom stereocenters. The van der Waals surface area contributed by atoms with E-state index >= 15 is 0 Å². The number of benzene rings is 2. The molecule has 0 radical (unpaired) electrons. The second kappa shape index (κ2) is 7.08. The lowest BCUT2D eigenvalue weighted by Crippen LogP contribution is -2.28. The van der Waals surface area contributed by atoms with Crippen molar-refractivity contribution in [2.75, 3.05) is 25.3 Å². The number of ether oxygens (including phenoxy) is 3. The zero-order valence-electron chi connectivity index (χ0n) is 13.7. The zero-order valence-corrected chi connectivity index (χ0v) is 13.7. The minimum absolute atomic E-state index is 0.0830. The van der Waals surface area contributed by atoms with Gasteiger partial charge in [0.1, 0.15) is 5.75 Å². The average Bonchev–Trinajstić information content (AvgIpc) is 3.09. The molecule has 0 unspecified atom stereocenters. The Morgan fingerprint density at radius 1 is 1.17 bits per heavy atom. The summed E-state index contributed by atoms with van der Waals surface area (Å²) in [5.74, 6) is 2.11. The van der Waals surface area contributed by atoms with Crippen molar-refractivity contribution in [2.45, 2.75) is 6.92 Å². The first-order valence-electron chi connectivity index (χ1n) is 7.74. The van der Waals surface area contributed by atoms with E-state index in [-0.39, 0.29) is 12.7 Å². The number of nitrogens with zero attached hydrogens (tertiary/aromatic N) is 1. The fourth-order valence-corrected chi connectivity index (χ4v) is 2.50. The number of likely N-dealkylation sites (N-methyl/N-ethyl adjacent to an activating group) is 1. The Balaban J connectivity index is 1.73. The molecule has 3 rings (SSSR count). The normalized spacial score (nSPS) is 12.4. The maximum Gasteiger partial charge on any atom is 0.250 e. The molecule has 1 aliphatic heterocycles. The molecule has 0 spiro atoms. The zero-order chi connectivity index (χ0) is 16.9. The van der Waals surface area contributed by atoms with Crippen molar-refractivity contribution in [1.29, 1.82) is 0 Å². The molecule has 5 heteroatoms. The molecule has 2 aromatic carbocycles. The largest absolute Gasteiger partial charge is 0.497 e. The lowest BCUT2D eigenvalue weighted by Gasteiger charge is -2.19. The first-order valence-corrected chi connectivity index (χ1v) is 7.74. The average molecular weight is 325 g/mol. The Morgan fingerprint density at radius 3 is 2.62 bits per heavy atom. The van der Waals surface area contributed by atoms with Gasteiger partial charge in [0.25, 0.3) is 5.91 Å². The summed E-state index contributed by atoms with van der Waals surface area (Å²) in [6.45, 7) is 2.76. The van der Waals surface area contributed by atoms with Crippen LogP contribution >= 0.6 is 0 Å². The highest BCUT2D eigenvalue weighted by Gasteiger charge is 2.13. The van der Waals surface area contributed by atoms with Crippen LogP contribution in [0.2, 0.25) is 0 Å². The van der Waals surface area contributed by atoms with Crippen LogP contribution in [0, 0.1) is 0 Å². The molecular weight excluding hydrogens is 306 g/mol. The molecule has 124 valence electrons. The molecule has 5 nitrogen and oxygen atoms in total. The molecule has 0 saturated heterocycles. The number of carbonyl (C=O) groups excluding carboxylic acids is 1. The summed E-state index contributed by atoms with van der Waals surface area (Å²) >= 11 is 0. The van der Waals surface area contributed by atoms with Crippen molar-refractivity contribution >= 4 is 17.7 Å². The summed E-state index contributed by atoms with van der Waals surface area (Å²) in [5, 5.41) is 0. The molecule has 0 N–H and O–H groups in total. The summed E-state index contributed by atoms with van der Waals surface area (Å²) < 4.78 is 15.8. The molecule has 1 amide bonds. The molecule has 1 aliphatic rings. The molecule has 2 aromatic rings. The second-order valence-corrected chi connectivity index (χ2v) is 5.23. The number of amides is 1. The summed E-state index contributed by atoms with van der Waals surface area (Å²) in [6, 6.07) is 13.0. The van der Waals surface area contributed by atoms with Gasteiger partial charge in [0, 0.05) is 18.3 Å². The third-order valence-electron chi connectivity index (χ3n) is 3.78. The highest BCUT2D eigenvalue weighted by Crippen LogP contribution is 2.32. The number of anilines is 1. The molecular formula is C19H19NO4. The first kappa shape index (κ1) is 15.9. The van der Waals surface area contributed by atoms with E-state index in [0.29, 0.717) is 12.3 Å². The number of methoxy groups -OCH3 is 1. The maximum atomic E-state index is 12.5. The van der Waals surface area contributed by atoms with Crippen LogP contribution in [-0.2, 0) is 4.79 Å². The van der Waals surface area contributed by atoms with Gasteiger partial charge in [0.15, 0.2) is 11.5 Å². The fourth-order valence-electron chi connectivity index (χ4n) is 2.50. The quantitative estimate of drug-likeness (QED) is 0.790. The van der Waals surface area contributed by atoms with Gasteiger partial charge in [-0.05, 0) is 55.0 Å². The van der Waals surface area contributed by atoms with Gasteiger partial charge in [-0.2, -0.15) is 0 Å². The minimum atomic E-state index is -0.0830. The fraction of sp³-hybridized carbons (Fsp3) is 0.211. The van der Waals surface area contributed by atoms with Crippen molar-refractivity contribution in [3.63, 3.8) is 0 Å². The van der Waals surface area contributed by atoms with Crippen molar-refractivity contribution in [3.8, 4) is 17.2 Å². The van der Waals surface area contributed by atoms with E-state index in [9.17, 15) is 4.79 Å². The van der Waals surface area contributed by atoms with Crippen LogP contribution in [0.3, 0.4) is 0 Å². The standard InChI is InChI=1S/C19H19NO4/c1-3-20(15-6-8-16(22-2)9-7-15)19(21)11-5-14-4-10-17-18(12-14)24-13-23-17/h4-12H,3,13H2,1-2H3/b11-5+. The van der Waals surface area contributed by atoms with Gasteiger partial charge in [-0.25, -0.2) is 0 Å². The van der Waals surface area contributed by atoms with Crippen molar-refractivity contribution in [1.82, 2.24) is 0 Å². The molecule has 0 aliphatic carbocycles. The van der Waals surface area contributed by atoms with Crippen molar-refractivity contribution in [2.24, 2.45) is 0 Å². The van der Waals surface area contributed by atoms with Crippen LogP contribution in [-0.4, -0.2) is 26.4 Å². The molecule has 0 fully saturated rings. The van der Waals surface area contributed by atoms with E-state index in [0.717, 1.165) is 22.7 Å². The Bertz CT molecular complexity index is 752. The predicted octanol–water partition coefficient (Wildman–Crippen LogP) is 3.49.